The Kier molecular flexibility index (Phi) is 6.14. The number of hydrogen-bond donors (Lipinski definition) is 1. The smallest absolute Gasteiger partial charge is 0.385 e. The second-order valence-electron chi connectivity index (χ2n) is 4.39. The van der Waals surface area contributed by atoms with E-state index in [0.717, 1.165) is 12.1 Å². The molecule has 0 aliphatic heterocycles. The first-order valence-electron chi connectivity index (χ1n) is 6.25. The molecule has 0 unspecified atom stereocenters. The van der Waals surface area contributed by atoms with Crippen LogP contribution in [0.3, 0.4) is 0 Å². The zero-order valence-electron chi connectivity index (χ0n) is 11.3. The highest BCUT2D eigenvalue weighted by molar-refractivity contribution is 5.28. The van der Waals surface area contributed by atoms with Crippen LogP contribution >= 0.6 is 0 Å². The number of alkyl halides is 3. The minimum absolute atomic E-state index is 0.0616. The summed E-state index contributed by atoms with van der Waals surface area (Å²) >= 11 is 0. The van der Waals surface area contributed by atoms with E-state index in [1.165, 1.54) is 0 Å². The van der Waals surface area contributed by atoms with Gasteiger partial charge in [-0.05, 0) is 19.8 Å². The second-order valence-corrected chi connectivity index (χ2v) is 4.39. The Morgan fingerprint density at radius 3 is 2.74 bits per heavy atom. The highest BCUT2D eigenvalue weighted by atomic mass is 19.4. The molecule has 0 bridgehead atoms. The highest BCUT2D eigenvalue weighted by Crippen LogP contribution is 2.22. The summed E-state index contributed by atoms with van der Waals surface area (Å²) in [5, 5.41) is 3.11. The van der Waals surface area contributed by atoms with Crippen molar-refractivity contribution in [3.63, 3.8) is 0 Å². The molecule has 0 aromatic carbocycles. The summed E-state index contributed by atoms with van der Waals surface area (Å²) in [6, 6.07) is 0. The van der Waals surface area contributed by atoms with Gasteiger partial charge >= 0.3 is 6.18 Å². The summed E-state index contributed by atoms with van der Waals surface area (Å²) < 4.78 is 42.9. The summed E-state index contributed by atoms with van der Waals surface area (Å²) in [5.74, 6) is 0.621. The maximum absolute atomic E-state index is 12.1. The van der Waals surface area contributed by atoms with Crippen molar-refractivity contribution in [1.29, 1.82) is 0 Å². The molecule has 1 aromatic heterocycles. The number of halogens is 3. The maximum atomic E-state index is 12.1. The second kappa shape index (κ2) is 7.37. The molecule has 7 heteroatoms. The van der Waals surface area contributed by atoms with E-state index in [0.29, 0.717) is 25.6 Å². The Bertz CT molecular complexity index is 377. The lowest BCUT2D eigenvalue weighted by Gasteiger charge is -2.10. The van der Waals surface area contributed by atoms with E-state index in [1.54, 1.807) is 17.9 Å². The lowest BCUT2D eigenvalue weighted by Crippen LogP contribution is -2.12. The van der Waals surface area contributed by atoms with Crippen LogP contribution in [-0.2, 0) is 11.3 Å². The van der Waals surface area contributed by atoms with Gasteiger partial charge in [0.1, 0.15) is 0 Å². The first kappa shape index (κ1) is 15.8. The number of hydrogen-bond acceptors (Lipinski definition) is 3. The van der Waals surface area contributed by atoms with E-state index in [-0.39, 0.29) is 6.42 Å². The van der Waals surface area contributed by atoms with Gasteiger partial charge in [0.05, 0.1) is 5.69 Å². The Morgan fingerprint density at radius 2 is 2.11 bits per heavy atom. The standard InChI is InChI=1S/C12H20F3N3O/c1-10-9-18(7-3-5-12(13,14)15)11(17-10)16-6-4-8-19-2/h9H,3-8H2,1-2H3,(H,16,17). The normalized spacial score (nSPS) is 11.8. The Morgan fingerprint density at radius 1 is 1.37 bits per heavy atom. The third-order valence-corrected chi connectivity index (χ3v) is 2.56. The van der Waals surface area contributed by atoms with Crippen molar-refractivity contribution in [3.8, 4) is 0 Å². The van der Waals surface area contributed by atoms with Crippen molar-refractivity contribution in [2.75, 3.05) is 25.6 Å². The molecule has 0 spiro atoms. The molecule has 1 heterocycles. The van der Waals surface area contributed by atoms with Crippen LogP contribution in [-0.4, -0.2) is 36.0 Å². The number of imidazole rings is 1. The molecule has 0 aliphatic carbocycles. The molecular weight excluding hydrogens is 259 g/mol. The van der Waals surface area contributed by atoms with Gasteiger partial charge in [-0.2, -0.15) is 13.2 Å². The van der Waals surface area contributed by atoms with Crippen LogP contribution in [0.25, 0.3) is 0 Å². The molecule has 1 N–H and O–H groups in total. The molecule has 1 aromatic rings. The number of aryl methyl sites for hydroxylation is 2. The maximum Gasteiger partial charge on any atom is 0.389 e. The summed E-state index contributed by atoms with van der Waals surface area (Å²) in [4.78, 5) is 4.25. The number of nitrogens with one attached hydrogen (secondary N) is 1. The van der Waals surface area contributed by atoms with Crippen molar-refractivity contribution >= 4 is 5.95 Å². The minimum atomic E-state index is -4.10. The van der Waals surface area contributed by atoms with Crippen LogP contribution in [0.1, 0.15) is 25.0 Å². The van der Waals surface area contributed by atoms with E-state index >= 15 is 0 Å². The average Bonchev–Trinajstić information content (AvgIpc) is 2.64. The third kappa shape index (κ3) is 6.47. The van der Waals surface area contributed by atoms with Crippen molar-refractivity contribution < 1.29 is 17.9 Å². The van der Waals surface area contributed by atoms with Gasteiger partial charge in [-0.15, -0.1) is 0 Å². The minimum Gasteiger partial charge on any atom is -0.385 e. The average molecular weight is 279 g/mol. The number of methoxy groups -OCH3 is 1. The SMILES string of the molecule is COCCCNc1nc(C)cn1CCCC(F)(F)F. The first-order valence-corrected chi connectivity index (χ1v) is 6.25. The number of nitrogens with zero attached hydrogens (tertiary/aromatic N) is 2. The van der Waals surface area contributed by atoms with Crippen molar-refractivity contribution in [3.05, 3.63) is 11.9 Å². The van der Waals surface area contributed by atoms with Crippen LogP contribution < -0.4 is 5.32 Å². The van der Waals surface area contributed by atoms with Crippen molar-refractivity contribution in [2.24, 2.45) is 0 Å². The Hall–Kier alpha value is -1.24. The molecule has 4 nitrogen and oxygen atoms in total. The Labute approximate surface area is 111 Å². The predicted octanol–water partition coefficient (Wildman–Crippen LogP) is 2.98. The fraction of sp³-hybridized carbons (Fsp3) is 0.750. The number of aromatic nitrogens is 2. The molecule has 0 saturated carbocycles. The first-order chi connectivity index (χ1) is 8.92. The van der Waals surface area contributed by atoms with Gasteiger partial charge in [-0.3, -0.25) is 0 Å². The van der Waals surface area contributed by atoms with Gasteiger partial charge in [-0.25, -0.2) is 4.98 Å². The predicted molar refractivity (Wildman–Crippen MR) is 67.2 cm³/mol. The quantitative estimate of drug-likeness (QED) is 0.744. The van der Waals surface area contributed by atoms with Gasteiger partial charge in [0.15, 0.2) is 0 Å². The van der Waals surface area contributed by atoms with E-state index in [1.807, 2.05) is 6.92 Å². The topological polar surface area (TPSA) is 39.1 Å². The monoisotopic (exact) mass is 279 g/mol. The number of rotatable bonds is 8. The Balaban J connectivity index is 2.43. The largest absolute Gasteiger partial charge is 0.389 e. The number of ether oxygens (including phenoxy) is 1. The number of anilines is 1. The molecule has 0 atom stereocenters. The summed E-state index contributed by atoms with van der Waals surface area (Å²) in [7, 11) is 1.63. The molecular formula is C12H20F3N3O. The van der Waals surface area contributed by atoms with E-state index < -0.39 is 12.6 Å². The molecule has 0 amide bonds. The lowest BCUT2D eigenvalue weighted by atomic mass is 10.3. The molecule has 110 valence electrons. The molecule has 0 fully saturated rings. The molecule has 1 rings (SSSR count). The van der Waals surface area contributed by atoms with E-state index in [9.17, 15) is 13.2 Å². The van der Waals surface area contributed by atoms with Gasteiger partial charge in [0.25, 0.3) is 0 Å². The fourth-order valence-electron chi connectivity index (χ4n) is 1.72. The van der Waals surface area contributed by atoms with E-state index in [2.05, 4.69) is 10.3 Å². The van der Waals surface area contributed by atoms with Crippen LogP contribution in [0.4, 0.5) is 19.1 Å². The van der Waals surface area contributed by atoms with Gasteiger partial charge in [-0.1, -0.05) is 0 Å². The molecule has 19 heavy (non-hydrogen) atoms. The highest BCUT2D eigenvalue weighted by Gasteiger charge is 2.26. The van der Waals surface area contributed by atoms with Crippen LogP contribution in [0.5, 0.6) is 0 Å². The zero-order valence-corrected chi connectivity index (χ0v) is 11.3. The molecule has 0 saturated heterocycles. The van der Waals surface area contributed by atoms with Crippen LogP contribution in [0.15, 0.2) is 6.20 Å². The summed E-state index contributed by atoms with van der Waals surface area (Å²) in [6.45, 7) is 3.46. The van der Waals surface area contributed by atoms with Gasteiger partial charge in [0, 0.05) is 39.4 Å². The summed E-state index contributed by atoms with van der Waals surface area (Å²) in [6.07, 6.45) is -2.22. The fourth-order valence-corrected chi connectivity index (χ4v) is 1.72. The van der Waals surface area contributed by atoms with Crippen LogP contribution in [0.2, 0.25) is 0 Å². The third-order valence-electron chi connectivity index (χ3n) is 2.56. The zero-order chi connectivity index (χ0) is 14.3. The lowest BCUT2D eigenvalue weighted by molar-refractivity contribution is -0.135. The van der Waals surface area contributed by atoms with Crippen molar-refractivity contribution in [2.45, 2.75) is 38.9 Å². The van der Waals surface area contributed by atoms with E-state index in [4.69, 9.17) is 4.74 Å². The van der Waals surface area contributed by atoms with Crippen molar-refractivity contribution in [1.82, 2.24) is 9.55 Å². The summed E-state index contributed by atoms with van der Waals surface area (Å²) in [5.41, 5.74) is 0.793. The van der Waals surface area contributed by atoms with Crippen LogP contribution in [0, 0.1) is 6.92 Å². The molecule has 0 aliphatic rings. The van der Waals surface area contributed by atoms with Gasteiger partial charge < -0.3 is 14.6 Å². The molecule has 0 radical (unpaired) electrons. The van der Waals surface area contributed by atoms with Gasteiger partial charge in [0.2, 0.25) is 5.95 Å².